The van der Waals surface area contributed by atoms with E-state index in [2.05, 4.69) is 260 Å². The van der Waals surface area contributed by atoms with Crippen LogP contribution in [0.4, 0.5) is 22.7 Å². The van der Waals surface area contributed by atoms with Crippen LogP contribution in [0, 0.1) is 0 Å². The molecule has 10 rings (SSSR count). The van der Waals surface area contributed by atoms with Crippen molar-refractivity contribution in [2.45, 2.75) is 90.9 Å². The van der Waals surface area contributed by atoms with Gasteiger partial charge in [0.1, 0.15) is 24.0 Å². The Hall–Kier alpha value is -7.11. The lowest BCUT2D eigenvalue weighted by Crippen LogP contribution is -2.26. The molecule has 0 bridgehead atoms. The Bertz CT molecular complexity index is 3280. The van der Waals surface area contributed by atoms with Gasteiger partial charge in [0.15, 0.2) is 0 Å². The second-order valence-corrected chi connectivity index (χ2v) is 21.5. The molecule has 1 aliphatic heterocycles. The zero-order valence-corrected chi connectivity index (χ0v) is 40.7. The first-order valence-electron chi connectivity index (χ1n) is 23.7. The molecule has 0 spiro atoms. The molecule has 3 heterocycles. The van der Waals surface area contributed by atoms with E-state index in [1.165, 1.54) is 49.8 Å². The average Bonchev–Trinajstić information content (AvgIpc) is 3.87. The van der Waals surface area contributed by atoms with Crippen LogP contribution in [-0.4, -0.2) is 16.2 Å². The summed E-state index contributed by atoms with van der Waals surface area (Å²) in [6.45, 7) is 23.5. The fourth-order valence-electron chi connectivity index (χ4n) is 9.84. The maximum atomic E-state index is 7.12. The lowest BCUT2D eigenvalue weighted by atomic mass is 9.78. The highest BCUT2D eigenvalue weighted by Crippen LogP contribution is 2.48. The van der Waals surface area contributed by atoms with Crippen LogP contribution in [0.15, 0.2) is 182 Å². The molecule has 0 fully saturated rings. The minimum Gasteiger partial charge on any atom is -0.457 e. The molecule has 0 atom stereocenters. The second-order valence-electron chi connectivity index (χ2n) is 21.5. The van der Waals surface area contributed by atoms with Crippen LogP contribution in [0.25, 0.3) is 27.6 Å². The fourth-order valence-corrected chi connectivity index (χ4v) is 9.84. The van der Waals surface area contributed by atoms with E-state index in [1.54, 1.807) is 0 Å². The van der Waals surface area contributed by atoms with Crippen molar-refractivity contribution in [2.75, 3.05) is 16.5 Å². The predicted octanol–water partition coefficient (Wildman–Crippen LogP) is 16.5. The summed E-state index contributed by atoms with van der Waals surface area (Å²) < 4.78 is 9.43. The lowest BCUT2D eigenvalue weighted by molar-refractivity contribution is 0.480. The summed E-state index contributed by atoms with van der Waals surface area (Å²) >= 11 is 0. The summed E-state index contributed by atoms with van der Waals surface area (Å²) in [7, 11) is 0. The highest BCUT2D eigenvalue weighted by Gasteiger charge is 2.32. The molecule has 0 N–H and O–H groups in total. The first kappa shape index (κ1) is 43.8. The number of aromatic nitrogens is 2. The molecule has 0 unspecified atom stereocenters. The Balaban J connectivity index is 1.09. The molecule has 0 radical (unpaired) electrons. The van der Waals surface area contributed by atoms with Crippen molar-refractivity contribution >= 4 is 44.6 Å². The van der Waals surface area contributed by atoms with Gasteiger partial charge >= 0.3 is 0 Å². The number of hydrogen-bond donors (Lipinski definition) is 0. The summed E-state index contributed by atoms with van der Waals surface area (Å²) in [6.07, 6.45) is 1.94. The molecule has 336 valence electrons. The molecule has 5 nitrogen and oxygen atoms in total. The van der Waals surface area contributed by atoms with Gasteiger partial charge in [-0.15, -0.1) is 0 Å². The quantitative estimate of drug-likeness (QED) is 0.145. The van der Waals surface area contributed by atoms with Gasteiger partial charge in [0, 0.05) is 51.3 Å². The monoisotopic (exact) mass is 878 g/mol. The molecule has 0 saturated heterocycles. The zero-order chi connectivity index (χ0) is 46.9. The van der Waals surface area contributed by atoms with Gasteiger partial charge in [-0.2, -0.15) is 0 Å². The molecule has 0 aliphatic carbocycles. The summed E-state index contributed by atoms with van der Waals surface area (Å²) in [6, 6.07) is 64.1. The van der Waals surface area contributed by atoms with Crippen LogP contribution in [0.1, 0.15) is 103 Å². The highest BCUT2D eigenvalue weighted by atomic mass is 16.5. The Morgan fingerprint density at radius 2 is 0.985 bits per heavy atom. The number of ether oxygens (including phenoxy) is 1. The Labute approximate surface area is 397 Å². The summed E-state index contributed by atoms with van der Waals surface area (Å²) in [5, 5.41) is 2.37. The number of pyridine rings is 1. The largest absolute Gasteiger partial charge is 0.457 e. The molecule has 2 aromatic heterocycles. The van der Waals surface area contributed by atoms with E-state index in [0.29, 0.717) is 6.67 Å². The third-order valence-corrected chi connectivity index (χ3v) is 14.2. The third kappa shape index (κ3) is 8.05. The standard InChI is InChI=1S/C62H62N4O/c1-59(2,3)44-28-31-54-53(37-44)52-30-29-50(40-57(52)66(54)58-38-45(32-33-63-58)60(4,5)6)67-51-36-47(62(9,10)43-22-15-12-16-23-43)35-49(39-51)65-41-64(55-26-17-18-27-56(55)65)48-25-19-24-46(34-48)61(7,8)42-20-13-11-14-21-42/h11-40H,41H2,1-10H3. The SMILES string of the molecule is CC(C)(C)c1ccnc(-n2c3ccc(C(C)(C)C)cc3c3ccc(Oc4cc(N5CN(c6cccc(C(C)(C)c7ccccc7)c6)c6ccccc65)cc(C(C)(C)c5ccccc5)c4)cc32)c1. The first-order valence-corrected chi connectivity index (χ1v) is 23.7. The predicted molar refractivity (Wildman–Crippen MR) is 282 cm³/mol. The maximum Gasteiger partial charge on any atom is 0.137 e. The molecule has 5 heteroatoms. The van der Waals surface area contributed by atoms with E-state index in [1.807, 2.05) is 6.20 Å². The van der Waals surface area contributed by atoms with Gasteiger partial charge in [-0.1, -0.05) is 160 Å². The number of anilines is 4. The van der Waals surface area contributed by atoms with Crippen LogP contribution in [0.2, 0.25) is 0 Å². The fraction of sp³-hybridized carbons (Fsp3) is 0.242. The van der Waals surface area contributed by atoms with Gasteiger partial charge in [0.25, 0.3) is 0 Å². The van der Waals surface area contributed by atoms with Crippen molar-refractivity contribution in [3.05, 3.63) is 216 Å². The van der Waals surface area contributed by atoms with Crippen LogP contribution in [0.5, 0.6) is 11.5 Å². The number of rotatable bonds is 9. The third-order valence-electron chi connectivity index (χ3n) is 14.2. The molecule has 9 aromatic rings. The topological polar surface area (TPSA) is 33.5 Å². The van der Waals surface area contributed by atoms with Gasteiger partial charge in [-0.05, 0) is 117 Å². The van der Waals surface area contributed by atoms with Crippen molar-refractivity contribution < 1.29 is 4.74 Å². The van der Waals surface area contributed by atoms with Crippen LogP contribution in [-0.2, 0) is 21.7 Å². The smallest absolute Gasteiger partial charge is 0.137 e. The molecular formula is C62H62N4O. The van der Waals surface area contributed by atoms with Crippen molar-refractivity contribution in [2.24, 2.45) is 0 Å². The van der Waals surface area contributed by atoms with Crippen molar-refractivity contribution in [1.29, 1.82) is 0 Å². The molecule has 0 amide bonds. The molecule has 0 saturated carbocycles. The second kappa shape index (κ2) is 16.3. The Morgan fingerprint density at radius 1 is 0.403 bits per heavy atom. The van der Waals surface area contributed by atoms with E-state index in [-0.39, 0.29) is 21.7 Å². The summed E-state index contributed by atoms with van der Waals surface area (Å²) in [5.41, 5.74) is 13.7. The van der Waals surface area contributed by atoms with Crippen LogP contribution in [0.3, 0.4) is 0 Å². The zero-order valence-electron chi connectivity index (χ0n) is 40.7. The van der Waals surface area contributed by atoms with E-state index in [4.69, 9.17) is 9.72 Å². The number of benzene rings is 7. The molecule has 7 aromatic carbocycles. The highest BCUT2D eigenvalue weighted by molar-refractivity contribution is 6.10. The minimum atomic E-state index is -0.323. The van der Waals surface area contributed by atoms with E-state index >= 15 is 0 Å². The number of para-hydroxylation sites is 2. The van der Waals surface area contributed by atoms with Gasteiger partial charge in [0.2, 0.25) is 0 Å². The molecule has 1 aliphatic rings. The van der Waals surface area contributed by atoms with E-state index in [9.17, 15) is 0 Å². The normalized spacial score (nSPS) is 13.4. The Morgan fingerprint density at radius 3 is 1.64 bits per heavy atom. The van der Waals surface area contributed by atoms with E-state index < -0.39 is 0 Å². The summed E-state index contributed by atoms with van der Waals surface area (Å²) in [5.74, 6) is 2.44. The van der Waals surface area contributed by atoms with Crippen molar-refractivity contribution in [1.82, 2.24) is 9.55 Å². The maximum absolute atomic E-state index is 7.12. The minimum absolute atomic E-state index is 0.00250. The van der Waals surface area contributed by atoms with Gasteiger partial charge in [-0.25, -0.2) is 4.98 Å². The molecule has 67 heavy (non-hydrogen) atoms. The van der Waals surface area contributed by atoms with Crippen molar-refractivity contribution in [3.63, 3.8) is 0 Å². The van der Waals surface area contributed by atoms with Gasteiger partial charge < -0.3 is 14.5 Å². The number of fused-ring (bicyclic) bond motifs is 4. The number of hydrogen-bond acceptors (Lipinski definition) is 4. The first-order chi connectivity index (χ1) is 32.0. The summed E-state index contributed by atoms with van der Waals surface area (Å²) in [4.78, 5) is 9.87. The van der Waals surface area contributed by atoms with Gasteiger partial charge in [-0.3, -0.25) is 4.57 Å². The van der Waals surface area contributed by atoms with E-state index in [0.717, 1.165) is 45.4 Å². The van der Waals surface area contributed by atoms with Crippen molar-refractivity contribution in [3.8, 4) is 17.3 Å². The molecular weight excluding hydrogens is 817 g/mol. The average molecular weight is 879 g/mol. The lowest BCUT2D eigenvalue weighted by Gasteiger charge is -2.30. The van der Waals surface area contributed by atoms with Crippen LogP contribution < -0.4 is 14.5 Å². The number of nitrogens with zero attached hydrogens (tertiary/aromatic N) is 4. The van der Waals surface area contributed by atoms with Gasteiger partial charge in [0.05, 0.1) is 22.4 Å². The van der Waals surface area contributed by atoms with Crippen LogP contribution >= 0.6 is 0 Å². The Kier molecular flexibility index (Phi) is 10.7.